The van der Waals surface area contributed by atoms with Gasteiger partial charge in [0, 0.05) is 32.5 Å². The van der Waals surface area contributed by atoms with Crippen molar-refractivity contribution in [3.8, 4) is 5.75 Å². The van der Waals surface area contributed by atoms with Gasteiger partial charge < -0.3 is 9.64 Å². The molecule has 1 aromatic carbocycles. The normalized spacial score (nSPS) is 17.1. The third-order valence-electron chi connectivity index (χ3n) is 3.30. The van der Waals surface area contributed by atoms with Crippen LogP contribution in [0.5, 0.6) is 5.75 Å². The Morgan fingerprint density at radius 1 is 1.24 bits per heavy atom. The second-order valence-corrected chi connectivity index (χ2v) is 4.44. The molecule has 0 aromatic heterocycles. The molecule has 17 heavy (non-hydrogen) atoms. The second-order valence-electron chi connectivity index (χ2n) is 4.44. The lowest BCUT2D eigenvalue weighted by atomic mass is 10.1. The summed E-state index contributed by atoms with van der Waals surface area (Å²) < 4.78 is 5.33. The summed E-state index contributed by atoms with van der Waals surface area (Å²) in [6, 6.07) is 8.13. The molecular formula is C14H19NO2. The van der Waals surface area contributed by atoms with E-state index in [1.807, 2.05) is 18.2 Å². The van der Waals surface area contributed by atoms with Crippen LogP contribution < -0.4 is 4.74 Å². The number of nitrogens with zero attached hydrogens (tertiary/aromatic N) is 1. The van der Waals surface area contributed by atoms with Gasteiger partial charge in [-0.2, -0.15) is 0 Å². The molecule has 1 aliphatic rings. The van der Waals surface area contributed by atoms with E-state index in [9.17, 15) is 4.79 Å². The van der Waals surface area contributed by atoms with E-state index < -0.39 is 0 Å². The Bertz CT molecular complexity index is 380. The Hall–Kier alpha value is -1.35. The summed E-state index contributed by atoms with van der Waals surface area (Å²) in [5, 5.41) is 0. The number of hydrogen-bond donors (Lipinski definition) is 0. The maximum Gasteiger partial charge on any atom is 0.135 e. The first-order valence-electron chi connectivity index (χ1n) is 6.15. The smallest absolute Gasteiger partial charge is 0.135 e. The number of benzene rings is 1. The van der Waals surface area contributed by atoms with E-state index in [0.29, 0.717) is 18.6 Å². The number of ketones is 1. The standard InChI is InChI=1S/C14H19NO2/c1-17-14-5-3-2-4-12(14)6-9-15-10-7-13(16)8-11-15/h2-5H,6-11H2,1H3. The molecule has 0 N–H and O–H groups in total. The second kappa shape index (κ2) is 5.82. The molecule has 1 aliphatic heterocycles. The number of piperidine rings is 1. The molecule has 3 heteroatoms. The Balaban J connectivity index is 1.87. The van der Waals surface area contributed by atoms with Gasteiger partial charge in [-0.1, -0.05) is 18.2 Å². The molecule has 0 spiro atoms. The van der Waals surface area contributed by atoms with Crippen molar-refractivity contribution in [2.75, 3.05) is 26.7 Å². The number of para-hydroxylation sites is 1. The van der Waals surface area contributed by atoms with Gasteiger partial charge in [0.25, 0.3) is 0 Å². The van der Waals surface area contributed by atoms with Gasteiger partial charge in [-0.3, -0.25) is 4.79 Å². The van der Waals surface area contributed by atoms with Crippen molar-refractivity contribution in [2.45, 2.75) is 19.3 Å². The molecule has 0 bridgehead atoms. The van der Waals surface area contributed by atoms with E-state index in [2.05, 4.69) is 11.0 Å². The van der Waals surface area contributed by atoms with E-state index in [4.69, 9.17) is 4.74 Å². The van der Waals surface area contributed by atoms with Crippen LogP contribution in [0, 0.1) is 0 Å². The van der Waals surface area contributed by atoms with Gasteiger partial charge in [-0.15, -0.1) is 0 Å². The molecule has 3 nitrogen and oxygen atoms in total. The first kappa shape index (κ1) is 12.1. The Morgan fingerprint density at radius 2 is 1.94 bits per heavy atom. The molecule has 0 aliphatic carbocycles. The highest BCUT2D eigenvalue weighted by atomic mass is 16.5. The minimum atomic E-state index is 0.401. The van der Waals surface area contributed by atoms with Gasteiger partial charge in [-0.25, -0.2) is 0 Å². The zero-order valence-corrected chi connectivity index (χ0v) is 10.3. The fourth-order valence-electron chi connectivity index (χ4n) is 2.21. The first-order chi connectivity index (χ1) is 8.29. The van der Waals surface area contributed by atoms with Crippen LogP contribution in [-0.2, 0) is 11.2 Å². The average Bonchev–Trinajstić information content (AvgIpc) is 2.38. The number of hydrogen-bond acceptors (Lipinski definition) is 3. The summed E-state index contributed by atoms with van der Waals surface area (Å²) in [5.74, 6) is 1.36. The lowest BCUT2D eigenvalue weighted by molar-refractivity contribution is -0.121. The minimum absolute atomic E-state index is 0.401. The predicted octanol–water partition coefficient (Wildman–Crippen LogP) is 1.90. The number of methoxy groups -OCH3 is 1. The number of Topliss-reactive ketones (excluding diaryl/α,β-unsaturated/α-hetero) is 1. The lowest BCUT2D eigenvalue weighted by Crippen LogP contribution is -2.35. The molecule has 0 unspecified atom stereocenters. The van der Waals surface area contributed by atoms with E-state index >= 15 is 0 Å². The van der Waals surface area contributed by atoms with Crippen LogP contribution in [0.25, 0.3) is 0 Å². The van der Waals surface area contributed by atoms with Crippen molar-refractivity contribution in [3.05, 3.63) is 29.8 Å². The molecule has 1 saturated heterocycles. The third kappa shape index (κ3) is 3.30. The van der Waals surface area contributed by atoms with Crippen LogP contribution in [0.4, 0.5) is 0 Å². The van der Waals surface area contributed by atoms with Crippen molar-refractivity contribution in [3.63, 3.8) is 0 Å². The molecule has 2 rings (SSSR count). The van der Waals surface area contributed by atoms with Crippen LogP contribution in [-0.4, -0.2) is 37.4 Å². The van der Waals surface area contributed by atoms with Crippen molar-refractivity contribution in [2.24, 2.45) is 0 Å². The van der Waals surface area contributed by atoms with Gasteiger partial charge in [0.05, 0.1) is 7.11 Å². The molecule has 0 amide bonds. The molecule has 0 atom stereocenters. The summed E-state index contributed by atoms with van der Waals surface area (Å²) in [7, 11) is 1.71. The number of carbonyl (C=O) groups is 1. The largest absolute Gasteiger partial charge is 0.496 e. The van der Waals surface area contributed by atoms with Gasteiger partial charge >= 0.3 is 0 Å². The van der Waals surface area contributed by atoms with Gasteiger partial charge in [-0.05, 0) is 18.1 Å². The van der Waals surface area contributed by atoms with Crippen LogP contribution >= 0.6 is 0 Å². The van der Waals surface area contributed by atoms with E-state index in [-0.39, 0.29) is 0 Å². The van der Waals surface area contributed by atoms with Crippen molar-refractivity contribution in [1.82, 2.24) is 4.90 Å². The van der Waals surface area contributed by atoms with Crippen LogP contribution in [0.2, 0.25) is 0 Å². The molecule has 92 valence electrons. The lowest BCUT2D eigenvalue weighted by Gasteiger charge is -2.25. The summed E-state index contributed by atoms with van der Waals surface area (Å²) >= 11 is 0. The van der Waals surface area contributed by atoms with Crippen molar-refractivity contribution >= 4 is 5.78 Å². The Labute approximate surface area is 102 Å². The molecule has 0 saturated carbocycles. The third-order valence-corrected chi connectivity index (χ3v) is 3.30. The number of likely N-dealkylation sites (tertiary alicyclic amines) is 1. The highest BCUT2D eigenvalue weighted by molar-refractivity contribution is 5.79. The van der Waals surface area contributed by atoms with Gasteiger partial charge in [0.1, 0.15) is 11.5 Å². The zero-order chi connectivity index (χ0) is 12.1. The van der Waals surface area contributed by atoms with Gasteiger partial charge in [0.2, 0.25) is 0 Å². The fourth-order valence-corrected chi connectivity index (χ4v) is 2.21. The SMILES string of the molecule is COc1ccccc1CCN1CCC(=O)CC1. The van der Waals surface area contributed by atoms with E-state index in [1.54, 1.807) is 7.11 Å². The zero-order valence-electron chi connectivity index (χ0n) is 10.3. The summed E-state index contributed by atoms with van der Waals surface area (Å²) in [5.41, 5.74) is 1.24. The van der Waals surface area contributed by atoms with Crippen LogP contribution in [0.1, 0.15) is 18.4 Å². The van der Waals surface area contributed by atoms with Crippen molar-refractivity contribution < 1.29 is 9.53 Å². The number of rotatable bonds is 4. The van der Waals surface area contributed by atoms with Crippen LogP contribution in [0.3, 0.4) is 0 Å². The summed E-state index contributed by atoms with van der Waals surface area (Å²) in [6.45, 7) is 2.83. The van der Waals surface area contributed by atoms with Crippen LogP contribution in [0.15, 0.2) is 24.3 Å². The van der Waals surface area contributed by atoms with E-state index in [1.165, 1.54) is 5.56 Å². The highest BCUT2D eigenvalue weighted by Crippen LogP contribution is 2.18. The Kier molecular flexibility index (Phi) is 4.15. The average molecular weight is 233 g/mol. The molecule has 0 radical (unpaired) electrons. The molecule has 1 aromatic rings. The monoisotopic (exact) mass is 233 g/mol. The maximum atomic E-state index is 11.1. The van der Waals surface area contributed by atoms with Crippen molar-refractivity contribution in [1.29, 1.82) is 0 Å². The number of carbonyl (C=O) groups excluding carboxylic acids is 1. The summed E-state index contributed by atoms with van der Waals surface area (Å²) in [4.78, 5) is 13.5. The minimum Gasteiger partial charge on any atom is -0.496 e. The molecule has 1 fully saturated rings. The predicted molar refractivity (Wildman–Crippen MR) is 67.4 cm³/mol. The van der Waals surface area contributed by atoms with Gasteiger partial charge in [0.15, 0.2) is 0 Å². The fraction of sp³-hybridized carbons (Fsp3) is 0.500. The first-order valence-corrected chi connectivity index (χ1v) is 6.15. The topological polar surface area (TPSA) is 29.5 Å². The maximum absolute atomic E-state index is 11.1. The highest BCUT2D eigenvalue weighted by Gasteiger charge is 2.15. The molecular weight excluding hydrogens is 214 g/mol. The number of ether oxygens (including phenoxy) is 1. The quantitative estimate of drug-likeness (QED) is 0.795. The van der Waals surface area contributed by atoms with E-state index in [0.717, 1.165) is 31.8 Å². The molecule has 1 heterocycles. The summed E-state index contributed by atoms with van der Waals surface area (Å²) in [6.07, 6.45) is 2.41. The Morgan fingerprint density at radius 3 is 2.65 bits per heavy atom.